The third-order valence-corrected chi connectivity index (χ3v) is 3.42. The second kappa shape index (κ2) is 7.70. The second-order valence-electron chi connectivity index (χ2n) is 4.88. The molecule has 2 aromatic rings. The van der Waals surface area contributed by atoms with E-state index in [0.717, 1.165) is 29.0 Å². The van der Waals surface area contributed by atoms with Crippen molar-refractivity contribution >= 4 is 0 Å². The van der Waals surface area contributed by atoms with Gasteiger partial charge in [-0.25, -0.2) is 0 Å². The lowest BCUT2D eigenvalue weighted by molar-refractivity contribution is 0.168. The van der Waals surface area contributed by atoms with Crippen LogP contribution in [-0.2, 0) is 6.42 Å². The maximum atomic E-state index is 10.2. The maximum Gasteiger partial charge on any atom is 0.161 e. The largest absolute Gasteiger partial charge is 0.493 e. The summed E-state index contributed by atoms with van der Waals surface area (Å²) in [6.45, 7) is 2.55. The van der Waals surface area contributed by atoms with Gasteiger partial charge in [0.25, 0.3) is 0 Å². The van der Waals surface area contributed by atoms with Gasteiger partial charge >= 0.3 is 0 Å². The van der Waals surface area contributed by atoms with Crippen LogP contribution in [0.25, 0.3) is 0 Å². The molecule has 2 rings (SSSR count). The van der Waals surface area contributed by atoms with E-state index in [-0.39, 0.29) is 0 Å². The standard InChI is InChI=1S/C18H22O3/c1-3-21-18-13-14(10-12-17(18)20-2)9-11-16(19)15-7-5-4-6-8-15/h4-8,10,12-13,16,19H,3,9,11H2,1-2H3. The average molecular weight is 286 g/mol. The molecule has 0 spiro atoms. The third-order valence-electron chi connectivity index (χ3n) is 3.42. The normalized spacial score (nSPS) is 12.0. The number of hydrogen-bond acceptors (Lipinski definition) is 3. The summed E-state index contributed by atoms with van der Waals surface area (Å²) >= 11 is 0. The molecule has 0 radical (unpaired) electrons. The summed E-state index contributed by atoms with van der Waals surface area (Å²) in [5.74, 6) is 1.50. The summed E-state index contributed by atoms with van der Waals surface area (Å²) in [6, 6.07) is 15.6. The van der Waals surface area contributed by atoms with E-state index in [4.69, 9.17) is 9.47 Å². The van der Waals surface area contributed by atoms with Crippen LogP contribution < -0.4 is 9.47 Å². The molecule has 0 aliphatic rings. The number of benzene rings is 2. The zero-order chi connectivity index (χ0) is 15.1. The fourth-order valence-electron chi connectivity index (χ4n) is 2.29. The topological polar surface area (TPSA) is 38.7 Å². The summed E-state index contributed by atoms with van der Waals surface area (Å²) < 4.78 is 10.8. The van der Waals surface area contributed by atoms with Crippen molar-refractivity contribution in [2.75, 3.05) is 13.7 Å². The predicted octanol–water partition coefficient (Wildman–Crippen LogP) is 3.76. The molecule has 0 amide bonds. The lowest BCUT2D eigenvalue weighted by atomic mass is 10.0. The molecule has 1 unspecified atom stereocenters. The first-order valence-electron chi connectivity index (χ1n) is 7.27. The summed E-state index contributed by atoms with van der Waals surface area (Å²) in [4.78, 5) is 0. The van der Waals surface area contributed by atoms with Gasteiger partial charge in [-0.15, -0.1) is 0 Å². The van der Waals surface area contributed by atoms with Crippen molar-refractivity contribution in [2.24, 2.45) is 0 Å². The zero-order valence-electron chi connectivity index (χ0n) is 12.6. The molecule has 0 saturated carbocycles. The summed E-state index contributed by atoms with van der Waals surface area (Å²) in [6.07, 6.45) is 1.03. The third kappa shape index (κ3) is 4.23. The van der Waals surface area contributed by atoms with Gasteiger partial charge in [0, 0.05) is 0 Å². The van der Waals surface area contributed by atoms with Crippen molar-refractivity contribution in [3.8, 4) is 11.5 Å². The Bertz CT molecular complexity index is 552. The highest BCUT2D eigenvalue weighted by Gasteiger charge is 2.09. The Morgan fingerprint density at radius 1 is 1.05 bits per heavy atom. The predicted molar refractivity (Wildman–Crippen MR) is 83.9 cm³/mol. The smallest absolute Gasteiger partial charge is 0.161 e. The molecule has 0 heterocycles. The van der Waals surface area contributed by atoms with Crippen molar-refractivity contribution in [1.29, 1.82) is 0 Å². The molecule has 0 aliphatic heterocycles. The van der Waals surface area contributed by atoms with Gasteiger partial charge in [0.15, 0.2) is 11.5 Å². The highest BCUT2D eigenvalue weighted by molar-refractivity contribution is 5.43. The molecule has 0 bridgehead atoms. The highest BCUT2D eigenvalue weighted by Crippen LogP contribution is 2.29. The molecule has 112 valence electrons. The Labute approximate surface area is 126 Å². The number of hydrogen-bond donors (Lipinski definition) is 1. The number of aryl methyl sites for hydroxylation is 1. The molecule has 0 aromatic heterocycles. The van der Waals surface area contributed by atoms with Gasteiger partial charge in [-0.2, -0.15) is 0 Å². The number of aliphatic hydroxyl groups excluding tert-OH is 1. The van der Waals surface area contributed by atoms with Crippen LogP contribution in [0, 0.1) is 0 Å². The Morgan fingerprint density at radius 3 is 2.48 bits per heavy atom. The molecular formula is C18H22O3. The van der Waals surface area contributed by atoms with E-state index < -0.39 is 6.10 Å². The van der Waals surface area contributed by atoms with E-state index in [1.54, 1.807) is 7.11 Å². The molecule has 2 aromatic carbocycles. The van der Waals surface area contributed by atoms with Crippen LogP contribution in [0.1, 0.15) is 30.6 Å². The highest BCUT2D eigenvalue weighted by atomic mass is 16.5. The quantitative estimate of drug-likeness (QED) is 0.842. The van der Waals surface area contributed by atoms with E-state index >= 15 is 0 Å². The molecule has 0 saturated heterocycles. The summed E-state index contributed by atoms with van der Waals surface area (Å²) in [5.41, 5.74) is 2.09. The fraction of sp³-hybridized carbons (Fsp3) is 0.333. The van der Waals surface area contributed by atoms with Crippen molar-refractivity contribution in [3.05, 3.63) is 59.7 Å². The molecule has 0 aliphatic carbocycles. The summed E-state index contributed by atoms with van der Waals surface area (Å²) in [7, 11) is 1.64. The Kier molecular flexibility index (Phi) is 5.64. The molecule has 1 atom stereocenters. The zero-order valence-corrected chi connectivity index (χ0v) is 12.6. The SMILES string of the molecule is CCOc1cc(CCC(O)c2ccccc2)ccc1OC. The van der Waals surface area contributed by atoms with Gasteiger partial charge < -0.3 is 14.6 Å². The minimum absolute atomic E-state index is 0.441. The van der Waals surface area contributed by atoms with Crippen LogP contribution in [0.4, 0.5) is 0 Å². The van der Waals surface area contributed by atoms with Gasteiger partial charge in [-0.3, -0.25) is 0 Å². The van der Waals surface area contributed by atoms with E-state index in [0.29, 0.717) is 13.0 Å². The van der Waals surface area contributed by atoms with Crippen LogP contribution in [0.2, 0.25) is 0 Å². The first-order chi connectivity index (χ1) is 10.2. The van der Waals surface area contributed by atoms with Gasteiger partial charge in [0.2, 0.25) is 0 Å². The van der Waals surface area contributed by atoms with Crippen LogP contribution in [0.15, 0.2) is 48.5 Å². The second-order valence-corrected chi connectivity index (χ2v) is 4.88. The first kappa shape index (κ1) is 15.4. The fourth-order valence-corrected chi connectivity index (χ4v) is 2.29. The minimum atomic E-state index is -0.441. The lowest BCUT2D eigenvalue weighted by Gasteiger charge is -2.13. The summed E-state index contributed by atoms with van der Waals surface area (Å²) in [5, 5.41) is 10.2. The number of rotatable bonds is 7. The van der Waals surface area contributed by atoms with Crippen LogP contribution in [-0.4, -0.2) is 18.8 Å². The molecule has 1 N–H and O–H groups in total. The van der Waals surface area contributed by atoms with Crippen LogP contribution in [0.3, 0.4) is 0 Å². The molecule has 21 heavy (non-hydrogen) atoms. The molecular weight excluding hydrogens is 264 g/mol. The van der Waals surface area contributed by atoms with Crippen molar-refractivity contribution in [2.45, 2.75) is 25.9 Å². The molecule has 3 heteroatoms. The lowest BCUT2D eigenvalue weighted by Crippen LogP contribution is -2.01. The Hall–Kier alpha value is -2.00. The number of ether oxygens (including phenoxy) is 2. The van der Waals surface area contributed by atoms with Crippen molar-refractivity contribution in [3.63, 3.8) is 0 Å². The van der Waals surface area contributed by atoms with E-state index in [9.17, 15) is 5.11 Å². The number of aliphatic hydroxyl groups is 1. The van der Waals surface area contributed by atoms with Gasteiger partial charge in [-0.05, 0) is 43.0 Å². The van der Waals surface area contributed by atoms with Crippen molar-refractivity contribution in [1.82, 2.24) is 0 Å². The maximum absolute atomic E-state index is 10.2. The Balaban J connectivity index is 2.01. The monoisotopic (exact) mass is 286 g/mol. The molecule has 3 nitrogen and oxygen atoms in total. The van der Waals surface area contributed by atoms with E-state index in [1.807, 2.05) is 55.5 Å². The van der Waals surface area contributed by atoms with Crippen LogP contribution >= 0.6 is 0 Å². The van der Waals surface area contributed by atoms with Crippen molar-refractivity contribution < 1.29 is 14.6 Å². The van der Waals surface area contributed by atoms with E-state index in [2.05, 4.69) is 0 Å². The van der Waals surface area contributed by atoms with Gasteiger partial charge in [-0.1, -0.05) is 36.4 Å². The first-order valence-corrected chi connectivity index (χ1v) is 7.27. The van der Waals surface area contributed by atoms with E-state index in [1.165, 1.54) is 0 Å². The minimum Gasteiger partial charge on any atom is -0.493 e. The molecule has 0 fully saturated rings. The van der Waals surface area contributed by atoms with Crippen LogP contribution in [0.5, 0.6) is 11.5 Å². The van der Waals surface area contributed by atoms with Gasteiger partial charge in [0.05, 0.1) is 19.8 Å². The van der Waals surface area contributed by atoms with Gasteiger partial charge in [0.1, 0.15) is 0 Å². The Morgan fingerprint density at radius 2 is 1.81 bits per heavy atom. The average Bonchev–Trinajstić information content (AvgIpc) is 2.54. The number of methoxy groups -OCH3 is 1.